The molecule has 3 aliphatic rings. The van der Waals surface area contributed by atoms with Gasteiger partial charge in [0.2, 0.25) is 5.91 Å². The number of aliphatic hydroxyl groups is 2. The molecule has 3 rings (SSSR count). The molecule has 0 bridgehead atoms. The number of phosphoric ester groups is 2. The molecule has 3 heterocycles. The molecule has 6 N–H and O–H groups in total. The van der Waals surface area contributed by atoms with E-state index < -0.39 is 71.1 Å². The topological polar surface area (TPSA) is 223 Å². The van der Waals surface area contributed by atoms with Crippen LogP contribution in [0.15, 0.2) is 24.2 Å². The van der Waals surface area contributed by atoms with Gasteiger partial charge in [0, 0.05) is 25.1 Å². The van der Waals surface area contributed by atoms with Crippen LogP contribution in [0, 0.1) is 0 Å². The predicted octanol–water partition coefficient (Wildman–Crippen LogP) is -0.480. The van der Waals surface area contributed by atoms with Gasteiger partial charge in [0.15, 0.2) is 6.29 Å². The highest BCUT2D eigenvalue weighted by atomic mass is 31.3. The molecule has 2 saturated heterocycles. The minimum absolute atomic E-state index is 0.0233. The molecule has 2 fully saturated rings. The van der Waals surface area contributed by atoms with Crippen molar-refractivity contribution in [1.29, 1.82) is 0 Å². The zero-order valence-corrected chi connectivity index (χ0v) is 22.0. The highest BCUT2D eigenvalue weighted by molar-refractivity contribution is 7.61. The Bertz CT molecular complexity index is 1040. The Balaban J connectivity index is 1.56. The standard InChI is InChI=1S/C19H31N3O13P2/c1-9-7-22(11(3)20-18(9)26)16-6-14(24)15(33-16)8-31-36(27,28)35-37(29,30)34-19-17(25)13(21-12(4)23)5-10(2)32-19/h7,10,13-17,19,24-25H,3,5-6,8H2,1-2,4H3,(H,20,26)(H,21,23)(H,27,28)(H,29,30)/t10?,13-,14?,15+,16+,17?,19-/m0/s1. The van der Waals surface area contributed by atoms with Gasteiger partial charge < -0.3 is 45.0 Å². The summed E-state index contributed by atoms with van der Waals surface area (Å²) in [7, 11) is -10.6. The van der Waals surface area contributed by atoms with E-state index in [-0.39, 0.29) is 24.6 Å². The largest absolute Gasteiger partial charge is 0.483 e. The van der Waals surface area contributed by atoms with Crippen molar-refractivity contribution in [3.8, 4) is 0 Å². The number of hydrogen-bond donors (Lipinski definition) is 6. The molecule has 2 amide bonds. The van der Waals surface area contributed by atoms with Crippen LogP contribution in [0.4, 0.5) is 0 Å². The zero-order valence-electron chi connectivity index (χ0n) is 20.3. The van der Waals surface area contributed by atoms with Crippen molar-refractivity contribution in [3.05, 3.63) is 24.2 Å². The predicted molar refractivity (Wildman–Crippen MR) is 122 cm³/mol. The van der Waals surface area contributed by atoms with Crippen LogP contribution >= 0.6 is 15.6 Å². The number of hydrogen-bond acceptors (Lipinski definition) is 12. The van der Waals surface area contributed by atoms with Crippen LogP contribution in [0.3, 0.4) is 0 Å². The van der Waals surface area contributed by atoms with Crippen molar-refractivity contribution in [1.82, 2.24) is 15.5 Å². The summed E-state index contributed by atoms with van der Waals surface area (Å²) in [6, 6.07) is -0.875. The number of rotatable bonds is 9. The number of nitrogens with zero attached hydrogens (tertiary/aromatic N) is 1. The SMILES string of the molecule is C=C1NC(=O)C(C)=CN1[C@H]1CC(O)[C@@H](COP(=O)(O)OP(=O)(O)O[C@@H]2OC(C)C[C@H](NC(C)=O)C2O)O1. The molecule has 18 heteroatoms. The molecule has 0 aromatic rings. The van der Waals surface area contributed by atoms with E-state index in [1.807, 2.05) is 0 Å². The van der Waals surface area contributed by atoms with Crippen LogP contribution in [-0.4, -0.2) is 86.3 Å². The van der Waals surface area contributed by atoms with E-state index in [1.54, 1.807) is 13.8 Å². The van der Waals surface area contributed by atoms with Crippen LogP contribution in [0.1, 0.15) is 33.6 Å². The summed E-state index contributed by atoms with van der Waals surface area (Å²) >= 11 is 0. The van der Waals surface area contributed by atoms with Crippen molar-refractivity contribution < 1.29 is 61.6 Å². The Kier molecular flexibility index (Phi) is 9.36. The smallest absolute Gasteiger partial charge is 0.390 e. The van der Waals surface area contributed by atoms with Crippen LogP contribution in [0.2, 0.25) is 0 Å². The quantitative estimate of drug-likeness (QED) is 0.192. The Morgan fingerprint density at radius 2 is 1.95 bits per heavy atom. The van der Waals surface area contributed by atoms with Crippen LogP contribution in [0.25, 0.3) is 0 Å². The van der Waals surface area contributed by atoms with Gasteiger partial charge in [0.05, 0.1) is 24.9 Å². The first-order chi connectivity index (χ1) is 17.1. The van der Waals surface area contributed by atoms with E-state index >= 15 is 0 Å². The average molecular weight is 571 g/mol. The minimum atomic E-state index is -5.35. The van der Waals surface area contributed by atoms with Gasteiger partial charge in [-0.3, -0.25) is 18.6 Å². The second-order valence-corrected chi connectivity index (χ2v) is 11.8. The maximum Gasteiger partial charge on any atom is 0.483 e. The fourth-order valence-electron chi connectivity index (χ4n) is 3.95. The Morgan fingerprint density at radius 1 is 1.27 bits per heavy atom. The number of carbonyl (C=O) groups is 2. The third kappa shape index (κ3) is 7.91. The number of phosphoric acid groups is 2. The molecule has 5 unspecified atom stereocenters. The maximum atomic E-state index is 12.4. The first-order valence-electron chi connectivity index (χ1n) is 11.2. The second kappa shape index (κ2) is 11.6. The summed E-state index contributed by atoms with van der Waals surface area (Å²) in [5.41, 5.74) is 0.363. The van der Waals surface area contributed by atoms with E-state index in [4.69, 9.17) is 18.5 Å². The van der Waals surface area contributed by atoms with Crippen LogP contribution < -0.4 is 10.6 Å². The first kappa shape index (κ1) is 29.9. The lowest BCUT2D eigenvalue weighted by Gasteiger charge is -2.38. The van der Waals surface area contributed by atoms with Gasteiger partial charge in [0.25, 0.3) is 5.91 Å². The van der Waals surface area contributed by atoms with Gasteiger partial charge in [-0.2, -0.15) is 4.31 Å². The van der Waals surface area contributed by atoms with Crippen molar-refractivity contribution >= 4 is 27.5 Å². The average Bonchev–Trinajstić information content (AvgIpc) is 3.11. The molecule has 0 aromatic carbocycles. The molecule has 0 spiro atoms. The molecule has 37 heavy (non-hydrogen) atoms. The van der Waals surface area contributed by atoms with Crippen molar-refractivity contribution in [2.75, 3.05) is 6.61 Å². The summed E-state index contributed by atoms with van der Waals surface area (Å²) < 4.78 is 49.4. The molecule has 0 radical (unpaired) electrons. The number of ether oxygens (including phenoxy) is 2. The molecule has 0 aromatic heterocycles. The number of carbonyl (C=O) groups excluding carboxylic acids is 2. The number of aliphatic hydroxyl groups excluding tert-OH is 2. The van der Waals surface area contributed by atoms with E-state index in [0.717, 1.165) is 0 Å². The molecule has 0 saturated carbocycles. The van der Waals surface area contributed by atoms with Gasteiger partial charge >= 0.3 is 15.6 Å². The summed E-state index contributed by atoms with van der Waals surface area (Å²) in [6.07, 6.45) is -5.40. The third-order valence-corrected chi connectivity index (χ3v) is 8.25. The molecule has 210 valence electrons. The second-order valence-electron chi connectivity index (χ2n) is 8.82. The lowest BCUT2D eigenvalue weighted by atomic mass is 10.0. The molecule has 3 aliphatic heterocycles. The van der Waals surface area contributed by atoms with Gasteiger partial charge in [-0.25, -0.2) is 9.13 Å². The summed E-state index contributed by atoms with van der Waals surface area (Å²) in [5, 5.41) is 25.6. The minimum Gasteiger partial charge on any atom is -0.390 e. The summed E-state index contributed by atoms with van der Waals surface area (Å²) in [5.74, 6) is -0.612. The fraction of sp³-hybridized carbons (Fsp3) is 0.684. The van der Waals surface area contributed by atoms with Crippen molar-refractivity contribution in [2.24, 2.45) is 0 Å². The highest BCUT2D eigenvalue weighted by Crippen LogP contribution is 2.61. The highest BCUT2D eigenvalue weighted by Gasteiger charge is 2.46. The zero-order chi connectivity index (χ0) is 27.7. The fourth-order valence-corrected chi connectivity index (χ4v) is 6.11. The molecular formula is C19H31N3O13P2. The monoisotopic (exact) mass is 571 g/mol. The van der Waals surface area contributed by atoms with Crippen molar-refractivity contribution in [2.45, 2.75) is 76.6 Å². The lowest BCUT2D eigenvalue weighted by Crippen LogP contribution is -2.55. The molecular weight excluding hydrogens is 540 g/mol. The van der Waals surface area contributed by atoms with Gasteiger partial charge in [-0.1, -0.05) is 6.58 Å². The van der Waals surface area contributed by atoms with E-state index in [9.17, 15) is 38.7 Å². The lowest BCUT2D eigenvalue weighted by molar-refractivity contribution is -0.212. The van der Waals surface area contributed by atoms with Crippen molar-refractivity contribution in [3.63, 3.8) is 0 Å². The van der Waals surface area contributed by atoms with Gasteiger partial charge in [0.1, 0.15) is 24.3 Å². The van der Waals surface area contributed by atoms with E-state index in [2.05, 4.69) is 21.5 Å². The Morgan fingerprint density at radius 3 is 2.59 bits per heavy atom. The summed E-state index contributed by atoms with van der Waals surface area (Å²) in [4.78, 5) is 44.4. The third-order valence-electron chi connectivity index (χ3n) is 5.65. The number of nitrogens with one attached hydrogen (secondary N) is 2. The van der Waals surface area contributed by atoms with Gasteiger partial charge in [-0.15, -0.1) is 0 Å². The molecule has 0 aliphatic carbocycles. The molecule has 16 nitrogen and oxygen atoms in total. The molecule has 9 atom stereocenters. The van der Waals surface area contributed by atoms with Crippen LogP contribution in [-0.2, 0) is 41.6 Å². The number of amides is 2. The Labute approximate surface area is 212 Å². The Hall–Kier alpha value is -1.68. The van der Waals surface area contributed by atoms with Gasteiger partial charge in [-0.05, 0) is 20.3 Å². The van der Waals surface area contributed by atoms with E-state index in [1.165, 1.54) is 18.0 Å². The first-order valence-corrected chi connectivity index (χ1v) is 14.2. The maximum absolute atomic E-state index is 12.4. The van der Waals surface area contributed by atoms with Crippen LogP contribution in [0.5, 0.6) is 0 Å². The van der Waals surface area contributed by atoms with E-state index in [0.29, 0.717) is 5.57 Å². The summed E-state index contributed by atoms with van der Waals surface area (Å²) in [6.45, 7) is 7.33. The normalized spacial score (nSPS) is 35.8.